The minimum atomic E-state index is -4.51. The summed E-state index contributed by atoms with van der Waals surface area (Å²) in [6.07, 6.45) is -2.61. The van der Waals surface area contributed by atoms with Crippen molar-refractivity contribution >= 4 is 11.7 Å². The fourth-order valence-corrected chi connectivity index (χ4v) is 2.72. The predicted molar refractivity (Wildman–Crippen MR) is 91.0 cm³/mol. The second kappa shape index (κ2) is 7.27. The number of ether oxygens (including phenoxy) is 1. The van der Waals surface area contributed by atoms with E-state index in [0.717, 1.165) is 25.0 Å². The van der Waals surface area contributed by atoms with Crippen molar-refractivity contribution < 1.29 is 22.7 Å². The van der Waals surface area contributed by atoms with Gasteiger partial charge in [0, 0.05) is 5.92 Å². The third-order valence-electron chi connectivity index (χ3n) is 4.28. The Labute approximate surface area is 153 Å². The number of esters is 1. The van der Waals surface area contributed by atoms with Gasteiger partial charge in [0.15, 0.2) is 0 Å². The predicted octanol–water partition coefficient (Wildman–Crippen LogP) is 4.25. The van der Waals surface area contributed by atoms with E-state index in [1.54, 1.807) is 18.2 Å². The van der Waals surface area contributed by atoms with Crippen molar-refractivity contribution in [2.24, 2.45) is 0 Å². The Bertz CT molecular complexity index is 915. The number of aromatic nitrogens is 1. The van der Waals surface area contributed by atoms with Crippen LogP contribution in [0.2, 0.25) is 0 Å². The first-order chi connectivity index (χ1) is 12.8. The van der Waals surface area contributed by atoms with Crippen molar-refractivity contribution in [1.29, 1.82) is 5.26 Å². The first kappa shape index (κ1) is 18.7. The van der Waals surface area contributed by atoms with E-state index in [4.69, 9.17) is 10.00 Å². The molecule has 0 aliphatic heterocycles. The molecule has 8 heteroatoms. The van der Waals surface area contributed by atoms with Crippen LogP contribution in [0.15, 0.2) is 30.3 Å². The van der Waals surface area contributed by atoms with E-state index in [1.807, 2.05) is 0 Å². The summed E-state index contributed by atoms with van der Waals surface area (Å²) in [5.74, 6) is -0.224. The van der Waals surface area contributed by atoms with E-state index in [1.165, 1.54) is 13.2 Å². The number of nitriles is 1. The van der Waals surface area contributed by atoms with Gasteiger partial charge in [-0.1, -0.05) is 0 Å². The van der Waals surface area contributed by atoms with Gasteiger partial charge in [-0.3, -0.25) is 4.98 Å². The highest BCUT2D eigenvalue weighted by atomic mass is 19.4. The van der Waals surface area contributed by atoms with Gasteiger partial charge < -0.3 is 10.1 Å². The first-order valence-electron chi connectivity index (χ1n) is 8.27. The highest BCUT2D eigenvalue weighted by Gasteiger charge is 2.31. The molecular weight excluding hydrogens is 359 g/mol. The Morgan fingerprint density at radius 2 is 2.07 bits per heavy atom. The topological polar surface area (TPSA) is 75.0 Å². The molecule has 1 aliphatic rings. The zero-order chi connectivity index (χ0) is 19.6. The lowest BCUT2D eigenvalue weighted by molar-refractivity contribution is -0.137. The molecule has 2 aromatic rings. The van der Waals surface area contributed by atoms with E-state index < -0.39 is 17.7 Å². The highest BCUT2D eigenvalue weighted by molar-refractivity contribution is 5.90. The maximum atomic E-state index is 12.8. The van der Waals surface area contributed by atoms with Gasteiger partial charge in [0.25, 0.3) is 0 Å². The molecule has 3 rings (SSSR count). The van der Waals surface area contributed by atoms with Crippen LogP contribution < -0.4 is 5.32 Å². The molecule has 140 valence electrons. The van der Waals surface area contributed by atoms with Gasteiger partial charge in [-0.2, -0.15) is 18.4 Å². The molecule has 1 fully saturated rings. The molecule has 1 heterocycles. The highest BCUT2D eigenvalue weighted by Crippen LogP contribution is 2.41. The van der Waals surface area contributed by atoms with E-state index in [2.05, 4.69) is 10.3 Å². The Balaban J connectivity index is 1.80. The van der Waals surface area contributed by atoms with Gasteiger partial charge in [0.05, 0.1) is 47.4 Å². The van der Waals surface area contributed by atoms with Crippen molar-refractivity contribution in [1.82, 2.24) is 4.98 Å². The molecule has 0 spiro atoms. The zero-order valence-corrected chi connectivity index (χ0v) is 14.4. The van der Waals surface area contributed by atoms with E-state index in [0.29, 0.717) is 17.0 Å². The summed E-state index contributed by atoms with van der Waals surface area (Å²) in [7, 11) is 1.31. The number of hydrogen-bond donors (Lipinski definition) is 1. The lowest BCUT2D eigenvalue weighted by Gasteiger charge is -2.13. The molecule has 27 heavy (non-hydrogen) atoms. The van der Waals surface area contributed by atoms with Crippen LogP contribution in [0.5, 0.6) is 0 Å². The number of rotatable bonds is 5. The molecule has 1 aromatic heterocycles. The fourth-order valence-electron chi connectivity index (χ4n) is 2.72. The lowest BCUT2D eigenvalue weighted by atomic mass is 10.1. The molecule has 1 aliphatic carbocycles. The van der Waals surface area contributed by atoms with Crippen LogP contribution >= 0.6 is 0 Å². The normalized spacial score (nSPS) is 13.7. The summed E-state index contributed by atoms with van der Waals surface area (Å²) in [4.78, 5) is 16.4. The largest absolute Gasteiger partial charge is 0.465 e. The van der Waals surface area contributed by atoms with Crippen LogP contribution in [0, 0.1) is 11.3 Å². The van der Waals surface area contributed by atoms with E-state index in [9.17, 15) is 18.0 Å². The van der Waals surface area contributed by atoms with Gasteiger partial charge in [-0.15, -0.1) is 0 Å². The Hall–Kier alpha value is -3.08. The number of alkyl halides is 3. The molecule has 0 saturated heterocycles. The molecular formula is C19H16F3N3O2. The quantitative estimate of drug-likeness (QED) is 0.791. The van der Waals surface area contributed by atoms with Gasteiger partial charge in [-0.25, -0.2) is 4.79 Å². The standard InChI is InChI=1S/C19H16F3N3O2/c1-27-18(26)15-6-5-14(25-17(15)11-2-3-11)10-24-16-7-4-13(19(20,21)22)8-12(16)9-23/h4-8,11,24H,2-3,10H2,1H3. The average molecular weight is 375 g/mol. The molecule has 0 unspecified atom stereocenters. The molecule has 1 aromatic carbocycles. The number of methoxy groups -OCH3 is 1. The van der Waals surface area contributed by atoms with Crippen LogP contribution in [0.1, 0.15) is 51.6 Å². The van der Waals surface area contributed by atoms with Gasteiger partial charge in [-0.05, 0) is 43.2 Å². The maximum Gasteiger partial charge on any atom is 0.416 e. The minimum absolute atomic E-state index is 0.0987. The number of halogens is 3. The number of carbonyl (C=O) groups is 1. The number of nitrogens with one attached hydrogen (secondary N) is 1. The Morgan fingerprint density at radius 3 is 2.67 bits per heavy atom. The molecule has 0 atom stereocenters. The van der Waals surface area contributed by atoms with Crippen LogP contribution in [-0.2, 0) is 17.5 Å². The smallest absolute Gasteiger partial charge is 0.416 e. The summed E-state index contributed by atoms with van der Waals surface area (Å²) in [6, 6.07) is 8.03. The summed E-state index contributed by atoms with van der Waals surface area (Å²) in [5, 5.41) is 12.1. The molecule has 1 N–H and O–H groups in total. The van der Waals surface area contributed by atoms with Crippen LogP contribution in [0.4, 0.5) is 18.9 Å². The first-order valence-corrected chi connectivity index (χ1v) is 8.27. The minimum Gasteiger partial charge on any atom is -0.465 e. The van der Waals surface area contributed by atoms with E-state index >= 15 is 0 Å². The number of pyridine rings is 1. The SMILES string of the molecule is COC(=O)c1ccc(CNc2ccc(C(F)(F)F)cc2C#N)nc1C1CC1. The Kier molecular flexibility index (Phi) is 5.04. The fraction of sp³-hybridized carbons (Fsp3) is 0.316. The molecule has 0 radical (unpaired) electrons. The number of benzene rings is 1. The number of nitrogens with zero attached hydrogens (tertiary/aromatic N) is 2. The van der Waals surface area contributed by atoms with Crippen LogP contribution in [0.25, 0.3) is 0 Å². The van der Waals surface area contributed by atoms with Gasteiger partial charge in [0.2, 0.25) is 0 Å². The third-order valence-corrected chi connectivity index (χ3v) is 4.28. The zero-order valence-electron chi connectivity index (χ0n) is 14.4. The summed E-state index contributed by atoms with van der Waals surface area (Å²) < 4.78 is 43.1. The van der Waals surface area contributed by atoms with E-state index in [-0.39, 0.29) is 23.7 Å². The lowest BCUT2D eigenvalue weighted by Crippen LogP contribution is -2.11. The molecule has 0 bridgehead atoms. The van der Waals surface area contributed by atoms with Gasteiger partial charge in [0.1, 0.15) is 6.07 Å². The molecule has 5 nitrogen and oxygen atoms in total. The molecule has 1 saturated carbocycles. The van der Waals surface area contributed by atoms with Crippen molar-refractivity contribution in [2.45, 2.75) is 31.5 Å². The second-order valence-corrected chi connectivity index (χ2v) is 6.22. The average Bonchev–Trinajstić information content (AvgIpc) is 3.49. The van der Waals surface area contributed by atoms with Crippen LogP contribution in [-0.4, -0.2) is 18.1 Å². The van der Waals surface area contributed by atoms with Crippen molar-refractivity contribution in [3.8, 4) is 6.07 Å². The summed E-state index contributed by atoms with van der Waals surface area (Å²) in [5.41, 5.74) is 1.04. The molecule has 0 amide bonds. The summed E-state index contributed by atoms with van der Waals surface area (Å²) >= 11 is 0. The van der Waals surface area contributed by atoms with Crippen molar-refractivity contribution in [2.75, 3.05) is 12.4 Å². The number of hydrogen-bond acceptors (Lipinski definition) is 5. The number of carbonyl (C=O) groups excluding carboxylic acids is 1. The summed E-state index contributed by atoms with van der Waals surface area (Å²) in [6.45, 7) is 0.210. The number of anilines is 1. The monoisotopic (exact) mass is 375 g/mol. The van der Waals surface area contributed by atoms with Crippen molar-refractivity contribution in [3.05, 3.63) is 58.4 Å². The second-order valence-electron chi connectivity index (χ2n) is 6.22. The Morgan fingerprint density at radius 1 is 1.33 bits per heavy atom. The van der Waals surface area contributed by atoms with Gasteiger partial charge >= 0.3 is 12.1 Å². The maximum absolute atomic E-state index is 12.8. The van der Waals surface area contributed by atoms with Crippen LogP contribution in [0.3, 0.4) is 0 Å². The third kappa shape index (κ3) is 4.19. The van der Waals surface area contributed by atoms with Crippen molar-refractivity contribution in [3.63, 3.8) is 0 Å².